The van der Waals surface area contributed by atoms with Crippen LogP contribution in [0.15, 0.2) is 0 Å². The molecular formula is C15H31NO4. The van der Waals surface area contributed by atoms with E-state index >= 15 is 0 Å². The molecule has 0 heterocycles. The molecule has 5 heteroatoms. The molecule has 0 radical (unpaired) electrons. The summed E-state index contributed by atoms with van der Waals surface area (Å²) in [6.07, 6.45) is -0.847. The van der Waals surface area contributed by atoms with E-state index in [4.69, 9.17) is 0 Å². The summed E-state index contributed by atoms with van der Waals surface area (Å²) < 4.78 is 0.600. The van der Waals surface area contributed by atoms with Gasteiger partial charge in [0, 0.05) is 16.8 Å². The number of hydrogen-bond donors (Lipinski definition) is 1. The van der Waals surface area contributed by atoms with E-state index in [0.29, 0.717) is 11.0 Å². The third kappa shape index (κ3) is 10.9. The van der Waals surface area contributed by atoms with Gasteiger partial charge in [0.15, 0.2) is 11.9 Å². The number of aliphatic hydroxyl groups excluding tert-OH is 1. The van der Waals surface area contributed by atoms with Gasteiger partial charge in [0.1, 0.15) is 6.54 Å². The monoisotopic (exact) mass is 289 g/mol. The van der Waals surface area contributed by atoms with Crippen LogP contribution in [0.25, 0.3) is 0 Å². The second-order valence-electron chi connectivity index (χ2n) is 8.14. The highest BCUT2D eigenvalue weighted by atomic mass is 16.4. The highest BCUT2D eigenvalue weighted by Crippen LogP contribution is 2.17. The average Bonchev–Trinajstić information content (AvgIpc) is 2.11. The number of aliphatic hydroxyl groups is 1. The van der Waals surface area contributed by atoms with E-state index in [1.807, 2.05) is 41.9 Å². The molecule has 120 valence electrons. The minimum atomic E-state index is -1.01. The van der Waals surface area contributed by atoms with Gasteiger partial charge in [-0.25, -0.2) is 0 Å². The van der Waals surface area contributed by atoms with Crippen LogP contribution in [-0.2, 0) is 9.59 Å². The van der Waals surface area contributed by atoms with Crippen LogP contribution in [0.1, 0.15) is 41.5 Å². The number of nitrogens with zero attached hydrogens (tertiary/aromatic N) is 1. The van der Waals surface area contributed by atoms with Crippen molar-refractivity contribution in [2.75, 3.05) is 27.7 Å². The molecule has 0 amide bonds. The van der Waals surface area contributed by atoms with Gasteiger partial charge in [0.05, 0.1) is 21.1 Å². The van der Waals surface area contributed by atoms with Crippen molar-refractivity contribution in [1.82, 2.24) is 0 Å². The summed E-state index contributed by atoms with van der Waals surface area (Å²) >= 11 is 0. The fourth-order valence-electron chi connectivity index (χ4n) is 1.10. The topological polar surface area (TPSA) is 77.4 Å². The van der Waals surface area contributed by atoms with Crippen LogP contribution in [0.5, 0.6) is 0 Å². The van der Waals surface area contributed by atoms with Crippen LogP contribution in [0, 0.1) is 10.8 Å². The highest BCUT2D eigenvalue weighted by Gasteiger charge is 2.31. The van der Waals surface area contributed by atoms with Crippen molar-refractivity contribution in [2.24, 2.45) is 10.8 Å². The van der Waals surface area contributed by atoms with Crippen molar-refractivity contribution in [3.8, 4) is 0 Å². The van der Waals surface area contributed by atoms with Crippen LogP contribution in [0.2, 0.25) is 0 Å². The lowest BCUT2D eigenvalue weighted by Crippen LogP contribution is -2.47. The number of aliphatic carboxylic acids is 1. The van der Waals surface area contributed by atoms with E-state index in [2.05, 4.69) is 0 Å². The number of likely N-dealkylation sites (N-methyl/N-ethyl adjacent to an activating group) is 1. The zero-order chi connectivity index (χ0) is 16.9. The van der Waals surface area contributed by atoms with E-state index < -0.39 is 22.9 Å². The maximum absolute atomic E-state index is 11.6. The number of hydrogen-bond acceptors (Lipinski definition) is 4. The number of carboxylic acids is 1. The van der Waals surface area contributed by atoms with E-state index in [1.165, 1.54) is 0 Å². The minimum Gasteiger partial charge on any atom is -0.550 e. The normalized spacial score (nSPS) is 14.1. The summed E-state index contributed by atoms with van der Waals surface area (Å²) in [6.45, 7) is 10.7. The van der Waals surface area contributed by atoms with Crippen molar-refractivity contribution >= 4 is 11.8 Å². The predicted molar refractivity (Wildman–Crippen MR) is 77.8 cm³/mol. The Morgan fingerprint density at radius 2 is 1.30 bits per heavy atom. The first-order valence-electron chi connectivity index (χ1n) is 6.73. The smallest absolute Gasteiger partial charge is 0.172 e. The van der Waals surface area contributed by atoms with Crippen LogP contribution in [0.4, 0.5) is 0 Å². The quantitative estimate of drug-likeness (QED) is 0.765. The molecule has 0 aromatic carbocycles. The molecule has 0 bridgehead atoms. The molecule has 0 aromatic rings. The molecule has 0 saturated carbocycles. The van der Waals surface area contributed by atoms with Gasteiger partial charge in [-0.1, -0.05) is 41.5 Å². The first kappa shape index (κ1) is 21.4. The molecule has 0 aromatic heterocycles. The molecule has 0 spiro atoms. The Hall–Kier alpha value is -0.940. The molecule has 1 unspecified atom stereocenters. The zero-order valence-electron chi connectivity index (χ0n) is 14.4. The lowest BCUT2D eigenvalue weighted by atomic mass is 9.87. The van der Waals surface area contributed by atoms with E-state index in [-0.39, 0.29) is 5.78 Å². The van der Waals surface area contributed by atoms with Crippen LogP contribution in [-0.4, -0.2) is 55.1 Å². The lowest BCUT2D eigenvalue weighted by Gasteiger charge is -2.28. The molecule has 20 heavy (non-hydrogen) atoms. The fourth-order valence-corrected chi connectivity index (χ4v) is 1.10. The second kappa shape index (κ2) is 7.18. The summed E-state index contributed by atoms with van der Waals surface area (Å²) in [7, 11) is 5.87. The molecule has 1 atom stereocenters. The Morgan fingerprint density at radius 3 is 1.45 bits per heavy atom. The van der Waals surface area contributed by atoms with Crippen LogP contribution < -0.4 is 5.11 Å². The van der Waals surface area contributed by atoms with Gasteiger partial charge in [-0.15, -0.1) is 0 Å². The Labute approximate surface area is 123 Å². The molecule has 0 fully saturated rings. The van der Waals surface area contributed by atoms with Gasteiger partial charge in [-0.2, -0.15) is 0 Å². The van der Waals surface area contributed by atoms with Gasteiger partial charge >= 0.3 is 0 Å². The van der Waals surface area contributed by atoms with Gasteiger partial charge in [-0.3, -0.25) is 4.79 Å². The van der Waals surface area contributed by atoms with Crippen molar-refractivity contribution in [3.05, 3.63) is 0 Å². The third-order valence-corrected chi connectivity index (χ3v) is 2.37. The fraction of sp³-hybridized carbons (Fsp3) is 0.867. The maximum Gasteiger partial charge on any atom is 0.172 e. The molecule has 5 nitrogen and oxygen atoms in total. The number of carboxylic acid groups (broad SMARTS) is 1. The number of quaternary nitrogens is 1. The van der Waals surface area contributed by atoms with Crippen molar-refractivity contribution in [2.45, 2.75) is 47.6 Å². The number of Topliss-reactive ketones (excluding diaryl/α,β-unsaturated/α-hetero) is 1. The summed E-state index contributed by atoms with van der Waals surface area (Å²) in [5.74, 6) is -1.09. The summed E-state index contributed by atoms with van der Waals surface area (Å²) in [5, 5.41) is 19.5. The number of rotatable bonds is 3. The predicted octanol–water partition coefficient (Wildman–Crippen LogP) is 0.451. The molecule has 0 saturated heterocycles. The van der Waals surface area contributed by atoms with Gasteiger partial charge in [0.25, 0.3) is 0 Å². The van der Waals surface area contributed by atoms with E-state index in [9.17, 15) is 19.8 Å². The number of ketones is 1. The Balaban J connectivity index is 0. The molecule has 1 N–H and O–H groups in total. The van der Waals surface area contributed by atoms with Crippen molar-refractivity contribution in [3.63, 3.8) is 0 Å². The first-order valence-corrected chi connectivity index (χ1v) is 6.73. The Morgan fingerprint density at radius 1 is 1.00 bits per heavy atom. The highest BCUT2D eigenvalue weighted by molar-refractivity contribution is 5.87. The Kier molecular flexibility index (Phi) is 7.67. The maximum atomic E-state index is 11.6. The zero-order valence-corrected chi connectivity index (χ0v) is 14.4. The summed E-state index contributed by atoms with van der Waals surface area (Å²) in [4.78, 5) is 21.5. The van der Waals surface area contributed by atoms with Gasteiger partial charge in [-0.05, 0) is 0 Å². The standard InChI is InChI=1S/C10H22NO2.C5H10O2/c1-10(2,3)9(13)8(12)7-11(4,5)6;1-5(2,3)4(6)7/h8,12H,7H2,1-6H3;1-3H3,(H,6,7)/q+1;/p-1. The lowest BCUT2D eigenvalue weighted by molar-refractivity contribution is -0.872. The Bertz CT molecular complexity index is 329. The largest absolute Gasteiger partial charge is 0.550 e. The third-order valence-electron chi connectivity index (χ3n) is 2.37. The SMILES string of the molecule is CC(C)(C)C(=O)C(O)C[N+](C)(C)C.CC(C)(C)C(=O)[O-]. The molecular weight excluding hydrogens is 258 g/mol. The van der Waals surface area contributed by atoms with Gasteiger partial charge in [0.2, 0.25) is 0 Å². The van der Waals surface area contributed by atoms with E-state index in [1.54, 1.807) is 20.8 Å². The second-order valence-corrected chi connectivity index (χ2v) is 8.14. The first-order chi connectivity index (χ1) is 8.48. The molecule has 0 rings (SSSR count). The summed E-state index contributed by atoms with van der Waals surface area (Å²) in [5.41, 5.74) is -1.14. The van der Waals surface area contributed by atoms with Crippen molar-refractivity contribution in [1.29, 1.82) is 0 Å². The molecule has 0 aliphatic carbocycles. The minimum absolute atomic E-state index is 0.0828. The number of carbonyl (C=O) groups is 2. The average molecular weight is 289 g/mol. The van der Waals surface area contributed by atoms with Crippen LogP contribution >= 0.6 is 0 Å². The van der Waals surface area contributed by atoms with E-state index in [0.717, 1.165) is 0 Å². The molecule has 0 aliphatic rings. The van der Waals surface area contributed by atoms with Crippen LogP contribution in [0.3, 0.4) is 0 Å². The van der Waals surface area contributed by atoms with Crippen molar-refractivity contribution < 1.29 is 24.3 Å². The van der Waals surface area contributed by atoms with Gasteiger partial charge < -0.3 is 19.5 Å². The number of carbonyl (C=O) groups excluding carboxylic acids is 2. The molecule has 0 aliphatic heterocycles. The summed E-state index contributed by atoms with van der Waals surface area (Å²) in [6, 6.07) is 0.